The van der Waals surface area contributed by atoms with E-state index in [2.05, 4.69) is 4.98 Å². The molecule has 1 heterocycles. The van der Waals surface area contributed by atoms with Gasteiger partial charge in [0.25, 0.3) is 0 Å². The number of carboxylic acids is 1. The van der Waals surface area contributed by atoms with E-state index in [0.717, 1.165) is 0 Å². The Morgan fingerprint density at radius 3 is 2.93 bits per heavy atom. The predicted molar refractivity (Wildman–Crippen MR) is 52.1 cm³/mol. The van der Waals surface area contributed by atoms with Crippen LogP contribution in [0.25, 0.3) is 0 Å². The molecule has 0 bridgehead atoms. The maximum Gasteiger partial charge on any atom is 0.315 e. The summed E-state index contributed by atoms with van der Waals surface area (Å²) in [5.74, 6) is -0.911. The fourth-order valence-corrected chi connectivity index (χ4v) is 1.75. The summed E-state index contributed by atoms with van der Waals surface area (Å²) in [6.45, 7) is 3.20. The lowest BCUT2D eigenvalue weighted by molar-refractivity contribution is -0.142. The molecule has 0 fully saturated rings. The lowest BCUT2D eigenvalue weighted by Crippen LogP contribution is -2.28. The molecule has 74 valence electrons. The molecule has 0 saturated carbocycles. The molecule has 0 spiro atoms. The molecule has 4 nitrogen and oxygen atoms in total. The molecule has 0 saturated heterocycles. The average molecular weight is 210 g/mol. The lowest BCUT2D eigenvalue weighted by Gasteiger charge is -2.15. The number of nitrogens with zero attached hydrogens (tertiary/aromatic N) is 2. The molecule has 0 amide bonds. The van der Waals surface area contributed by atoms with Crippen LogP contribution < -0.4 is 0 Å². The van der Waals surface area contributed by atoms with Crippen LogP contribution in [-0.4, -0.2) is 16.1 Å². The Hall–Kier alpha value is -1.41. The molecule has 14 heavy (non-hydrogen) atoms. The highest BCUT2D eigenvalue weighted by Gasteiger charge is 2.31. The van der Waals surface area contributed by atoms with Crippen molar-refractivity contribution >= 4 is 17.3 Å². The van der Waals surface area contributed by atoms with E-state index in [9.17, 15) is 4.79 Å². The molecule has 1 aromatic rings. The fourth-order valence-electron chi connectivity index (χ4n) is 0.856. The van der Waals surface area contributed by atoms with Crippen LogP contribution in [0.5, 0.6) is 0 Å². The van der Waals surface area contributed by atoms with E-state index >= 15 is 0 Å². The maximum atomic E-state index is 10.9. The number of carboxylic acid groups (broad SMARTS) is 1. The van der Waals surface area contributed by atoms with E-state index in [1.54, 1.807) is 19.2 Å². The van der Waals surface area contributed by atoms with Crippen molar-refractivity contribution in [1.82, 2.24) is 4.98 Å². The smallest absolute Gasteiger partial charge is 0.315 e. The van der Waals surface area contributed by atoms with Crippen molar-refractivity contribution in [2.24, 2.45) is 0 Å². The highest BCUT2D eigenvalue weighted by molar-refractivity contribution is 7.09. The number of aromatic nitrogens is 1. The number of aliphatic carboxylic acids is 1. The van der Waals surface area contributed by atoms with Gasteiger partial charge in [-0.2, -0.15) is 5.26 Å². The molecule has 0 unspecified atom stereocenters. The molecule has 0 radical (unpaired) electrons. The van der Waals surface area contributed by atoms with E-state index in [1.807, 2.05) is 6.07 Å². The van der Waals surface area contributed by atoms with Crippen LogP contribution in [-0.2, 0) is 16.6 Å². The summed E-state index contributed by atoms with van der Waals surface area (Å²) < 4.78 is 0. The van der Waals surface area contributed by atoms with Gasteiger partial charge in [0.1, 0.15) is 10.4 Å². The van der Waals surface area contributed by atoms with E-state index in [1.165, 1.54) is 11.3 Å². The van der Waals surface area contributed by atoms with Crippen molar-refractivity contribution in [1.29, 1.82) is 5.26 Å². The van der Waals surface area contributed by atoms with Gasteiger partial charge >= 0.3 is 5.97 Å². The minimum Gasteiger partial charge on any atom is -0.481 e. The molecular weight excluding hydrogens is 200 g/mol. The molecule has 0 aliphatic carbocycles. The van der Waals surface area contributed by atoms with Crippen molar-refractivity contribution in [3.8, 4) is 6.07 Å². The number of hydrogen-bond donors (Lipinski definition) is 1. The Kier molecular flexibility index (Phi) is 2.87. The van der Waals surface area contributed by atoms with Gasteiger partial charge in [0.05, 0.1) is 18.2 Å². The van der Waals surface area contributed by atoms with Crippen LogP contribution in [0.2, 0.25) is 0 Å². The van der Waals surface area contributed by atoms with E-state index in [0.29, 0.717) is 10.7 Å². The third kappa shape index (κ3) is 1.91. The number of rotatable bonds is 3. The Morgan fingerprint density at radius 1 is 1.79 bits per heavy atom. The van der Waals surface area contributed by atoms with Gasteiger partial charge in [0.2, 0.25) is 0 Å². The molecule has 5 heteroatoms. The van der Waals surface area contributed by atoms with Crippen LogP contribution >= 0.6 is 11.3 Å². The maximum absolute atomic E-state index is 10.9. The first-order valence-corrected chi connectivity index (χ1v) is 4.91. The van der Waals surface area contributed by atoms with Gasteiger partial charge in [0, 0.05) is 5.38 Å². The largest absolute Gasteiger partial charge is 0.481 e. The summed E-state index contributed by atoms with van der Waals surface area (Å²) in [7, 11) is 0. The highest BCUT2D eigenvalue weighted by Crippen LogP contribution is 2.25. The van der Waals surface area contributed by atoms with Crippen LogP contribution in [0.3, 0.4) is 0 Å². The topological polar surface area (TPSA) is 74.0 Å². The van der Waals surface area contributed by atoms with E-state index in [4.69, 9.17) is 10.4 Å². The van der Waals surface area contributed by atoms with Crippen LogP contribution in [0.4, 0.5) is 0 Å². The Bertz CT molecular complexity index is 390. The first kappa shape index (κ1) is 10.7. The Morgan fingerprint density at radius 2 is 2.43 bits per heavy atom. The molecule has 0 aromatic carbocycles. The predicted octanol–water partition coefficient (Wildman–Crippen LogP) is 1.57. The minimum absolute atomic E-state index is 0.236. The second-order valence-electron chi connectivity index (χ2n) is 3.39. The molecular formula is C9H10N2O2S. The summed E-state index contributed by atoms with van der Waals surface area (Å²) in [6, 6.07) is 1.98. The van der Waals surface area contributed by atoms with Gasteiger partial charge in [-0.05, 0) is 13.8 Å². The molecule has 1 rings (SSSR count). The molecule has 0 aliphatic heterocycles. The zero-order valence-electron chi connectivity index (χ0n) is 7.94. The summed E-state index contributed by atoms with van der Waals surface area (Å²) in [5, 5.41) is 19.7. The minimum atomic E-state index is -0.982. The number of nitriles is 1. The quantitative estimate of drug-likeness (QED) is 0.821. The summed E-state index contributed by atoms with van der Waals surface area (Å²) in [5.41, 5.74) is -0.468. The summed E-state index contributed by atoms with van der Waals surface area (Å²) in [6.07, 6.45) is 0.236. The molecule has 0 aliphatic rings. The first-order chi connectivity index (χ1) is 6.48. The Labute approximate surface area is 85.8 Å². The number of thiazole rings is 1. The summed E-state index contributed by atoms with van der Waals surface area (Å²) >= 11 is 1.32. The van der Waals surface area contributed by atoms with Crippen LogP contribution in [0, 0.1) is 11.3 Å². The molecule has 1 N–H and O–H groups in total. The van der Waals surface area contributed by atoms with Gasteiger partial charge in [-0.25, -0.2) is 4.98 Å². The van der Waals surface area contributed by atoms with Gasteiger partial charge in [0.15, 0.2) is 0 Å². The fraction of sp³-hybridized carbons (Fsp3) is 0.444. The molecule has 1 aromatic heterocycles. The summed E-state index contributed by atoms with van der Waals surface area (Å²) in [4.78, 5) is 15.0. The van der Waals surface area contributed by atoms with Crippen molar-refractivity contribution in [2.45, 2.75) is 25.7 Å². The van der Waals surface area contributed by atoms with Crippen LogP contribution in [0.1, 0.15) is 24.5 Å². The monoisotopic (exact) mass is 210 g/mol. The second kappa shape index (κ2) is 3.76. The third-order valence-electron chi connectivity index (χ3n) is 1.96. The van der Waals surface area contributed by atoms with Gasteiger partial charge in [-0.1, -0.05) is 0 Å². The van der Waals surface area contributed by atoms with E-state index in [-0.39, 0.29) is 6.42 Å². The van der Waals surface area contributed by atoms with E-state index < -0.39 is 11.4 Å². The third-order valence-corrected chi connectivity index (χ3v) is 2.81. The van der Waals surface area contributed by atoms with Gasteiger partial charge in [-0.3, -0.25) is 4.79 Å². The Balaban J connectivity index is 2.98. The average Bonchev–Trinajstić information content (AvgIpc) is 2.53. The standard InChI is InChI=1S/C9H10N2O2S/c1-9(2,8(12)13)6-5-14-7(11-6)3-4-10/h5H,3H2,1-2H3,(H,12,13). The van der Waals surface area contributed by atoms with Gasteiger partial charge in [-0.15, -0.1) is 11.3 Å². The van der Waals surface area contributed by atoms with Crippen molar-refractivity contribution in [3.63, 3.8) is 0 Å². The van der Waals surface area contributed by atoms with Crippen LogP contribution in [0.15, 0.2) is 5.38 Å². The zero-order valence-corrected chi connectivity index (χ0v) is 8.76. The van der Waals surface area contributed by atoms with Crippen molar-refractivity contribution in [2.75, 3.05) is 0 Å². The second-order valence-corrected chi connectivity index (χ2v) is 4.33. The number of carbonyl (C=O) groups is 1. The first-order valence-electron chi connectivity index (χ1n) is 4.03. The van der Waals surface area contributed by atoms with Gasteiger partial charge < -0.3 is 5.11 Å². The SMILES string of the molecule is CC(C)(C(=O)O)c1csc(CC#N)n1. The lowest BCUT2D eigenvalue weighted by atomic mass is 9.90. The zero-order chi connectivity index (χ0) is 10.8. The molecule has 0 atom stereocenters. The van der Waals surface area contributed by atoms with Crippen molar-refractivity contribution in [3.05, 3.63) is 16.1 Å². The number of hydrogen-bond acceptors (Lipinski definition) is 4. The van der Waals surface area contributed by atoms with Crippen molar-refractivity contribution < 1.29 is 9.90 Å². The normalized spacial score (nSPS) is 10.9. The highest BCUT2D eigenvalue weighted by atomic mass is 32.1.